The van der Waals surface area contributed by atoms with Crippen LogP contribution in [-0.4, -0.2) is 35.8 Å². The number of halogens is 4. The normalized spacial score (nSPS) is 11.8. The number of ether oxygens (including phenoxy) is 1. The Hall–Kier alpha value is -4.45. The lowest BCUT2D eigenvalue weighted by Gasteiger charge is -2.14. The largest absolute Gasteiger partial charge is 0.440 e. The van der Waals surface area contributed by atoms with Crippen LogP contribution in [0.25, 0.3) is 39.4 Å². The van der Waals surface area contributed by atoms with Crippen LogP contribution in [0.1, 0.15) is 17.4 Å². The zero-order chi connectivity index (χ0) is 29.6. The van der Waals surface area contributed by atoms with Crippen LogP contribution in [0.4, 0.5) is 17.6 Å². The Bertz CT molecular complexity index is 1900. The van der Waals surface area contributed by atoms with Gasteiger partial charge in [0.15, 0.2) is 33.1 Å². The molecule has 0 fully saturated rings. The Morgan fingerprint density at radius 2 is 1.63 bits per heavy atom. The molecule has 2 heterocycles. The molecule has 0 unspecified atom stereocenters. The molecular formula is C29H23F4N3O4S. The fraction of sp³-hybridized carbons (Fsp3) is 0.172. The summed E-state index contributed by atoms with van der Waals surface area (Å²) >= 11 is 0. The van der Waals surface area contributed by atoms with Crippen LogP contribution in [0.2, 0.25) is 0 Å². The molecule has 0 atom stereocenters. The topological polar surface area (TPSA) is 87.2 Å². The third-order valence-electron chi connectivity index (χ3n) is 6.29. The van der Waals surface area contributed by atoms with Gasteiger partial charge in [-0.2, -0.15) is 8.78 Å². The highest BCUT2D eigenvalue weighted by Gasteiger charge is 2.23. The fourth-order valence-electron chi connectivity index (χ4n) is 4.56. The van der Waals surface area contributed by atoms with E-state index in [0.29, 0.717) is 28.2 Å². The maximum absolute atomic E-state index is 14.7. The van der Waals surface area contributed by atoms with Gasteiger partial charge in [-0.05, 0) is 73.5 Å². The molecule has 212 valence electrons. The number of aromatic nitrogens is 3. The number of benzene rings is 3. The van der Waals surface area contributed by atoms with Gasteiger partial charge >= 0.3 is 6.61 Å². The summed E-state index contributed by atoms with van der Waals surface area (Å²) in [7, 11) is -3.70. The predicted octanol–water partition coefficient (Wildman–Crippen LogP) is 7.07. The first-order chi connectivity index (χ1) is 19.3. The molecular weight excluding hydrogens is 562 g/mol. The van der Waals surface area contributed by atoms with Crippen molar-refractivity contribution in [1.82, 2.24) is 14.5 Å². The molecule has 0 amide bonds. The summed E-state index contributed by atoms with van der Waals surface area (Å²) in [6.45, 7) is 2.03. The van der Waals surface area contributed by atoms with Crippen molar-refractivity contribution in [1.29, 1.82) is 0 Å². The third-order valence-corrected chi connectivity index (χ3v) is 7.38. The van der Waals surface area contributed by atoms with E-state index in [4.69, 9.17) is 4.42 Å². The van der Waals surface area contributed by atoms with Gasteiger partial charge in [0.05, 0.1) is 16.3 Å². The van der Waals surface area contributed by atoms with E-state index in [1.807, 2.05) is 18.4 Å². The second kappa shape index (κ2) is 10.5. The molecule has 0 aliphatic carbocycles. The van der Waals surface area contributed by atoms with Crippen LogP contribution in [0.5, 0.6) is 5.75 Å². The van der Waals surface area contributed by atoms with E-state index in [1.54, 1.807) is 31.3 Å². The molecule has 12 heteroatoms. The van der Waals surface area contributed by atoms with Crippen LogP contribution < -0.4 is 4.74 Å². The number of aryl methyl sites for hydroxylation is 3. The molecule has 0 radical (unpaired) electrons. The van der Waals surface area contributed by atoms with Crippen molar-refractivity contribution < 1.29 is 35.1 Å². The van der Waals surface area contributed by atoms with Crippen molar-refractivity contribution in [2.45, 2.75) is 32.3 Å². The monoisotopic (exact) mass is 585 g/mol. The molecule has 0 bridgehead atoms. The second-order valence-corrected chi connectivity index (χ2v) is 11.4. The van der Waals surface area contributed by atoms with Crippen LogP contribution in [-0.2, 0) is 9.84 Å². The number of oxazole rings is 1. The van der Waals surface area contributed by atoms with Gasteiger partial charge in [-0.15, -0.1) is 0 Å². The molecule has 2 aromatic heterocycles. The highest BCUT2D eigenvalue weighted by molar-refractivity contribution is 7.90. The molecule has 41 heavy (non-hydrogen) atoms. The van der Waals surface area contributed by atoms with E-state index in [0.717, 1.165) is 30.1 Å². The number of hydrogen-bond acceptors (Lipinski definition) is 6. The molecule has 0 saturated heterocycles. The maximum Gasteiger partial charge on any atom is 0.387 e. The average molecular weight is 586 g/mol. The number of rotatable bonds is 7. The van der Waals surface area contributed by atoms with Crippen molar-refractivity contribution in [3.05, 3.63) is 89.8 Å². The van der Waals surface area contributed by atoms with E-state index in [-0.39, 0.29) is 27.8 Å². The van der Waals surface area contributed by atoms with Gasteiger partial charge in [0.2, 0.25) is 0 Å². The molecule has 3 aromatic carbocycles. The Labute approximate surface area is 233 Å². The molecule has 0 saturated carbocycles. The quantitative estimate of drug-likeness (QED) is 0.190. The molecule has 0 N–H and O–H groups in total. The summed E-state index contributed by atoms with van der Waals surface area (Å²) < 4.78 is 90.7. The van der Waals surface area contributed by atoms with Gasteiger partial charge in [0.25, 0.3) is 0 Å². The van der Waals surface area contributed by atoms with Crippen molar-refractivity contribution in [2.75, 3.05) is 6.26 Å². The first-order valence-corrected chi connectivity index (χ1v) is 14.1. The Morgan fingerprint density at radius 3 is 2.27 bits per heavy atom. The first kappa shape index (κ1) is 28.1. The van der Waals surface area contributed by atoms with Crippen molar-refractivity contribution in [2.24, 2.45) is 0 Å². The van der Waals surface area contributed by atoms with Crippen molar-refractivity contribution in [3.8, 4) is 45.1 Å². The lowest BCUT2D eigenvalue weighted by Crippen LogP contribution is -2.03. The minimum Gasteiger partial charge on any atom is -0.440 e. The summed E-state index contributed by atoms with van der Waals surface area (Å²) in [6.07, 6.45) is 2.80. The fourth-order valence-corrected chi connectivity index (χ4v) is 5.23. The highest BCUT2D eigenvalue weighted by Crippen LogP contribution is 2.40. The average Bonchev–Trinajstić information content (AvgIpc) is 3.44. The van der Waals surface area contributed by atoms with Crippen LogP contribution in [0.15, 0.2) is 70.1 Å². The third kappa shape index (κ3) is 5.73. The highest BCUT2D eigenvalue weighted by atomic mass is 32.2. The Balaban J connectivity index is 1.74. The zero-order valence-electron chi connectivity index (χ0n) is 22.2. The van der Waals surface area contributed by atoms with Crippen LogP contribution in [0, 0.1) is 32.4 Å². The van der Waals surface area contributed by atoms with Gasteiger partial charge in [-0.1, -0.05) is 6.07 Å². The number of imidazole rings is 1. The maximum atomic E-state index is 14.7. The predicted molar refractivity (Wildman–Crippen MR) is 144 cm³/mol. The van der Waals surface area contributed by atoms with Crippen molar-refractivity contribution in [3.63, 3.8) is 0 Å². The van der Waals surface area contributed by atoms with E-state index in [1.165, 1.54) is 18.2 Å². The summed E-state index contributed by atoms with van der Waals surface area (Å²) in [6, 6.07) is 12.1. The molecule has 5 aromatic rings. The minimum atomic E-state index is -3.70. The lowest BCUT2D eigenvalue weighted by molar-refractivity contribution is -0.0521. The van der Waals surface area contributed by atoms with Crippen LogP contribution >= 0.6 is 0 Å². The summed E-state index contributed by atoms with van der Waals surface area (Å²) in [5.41, 5.74) is 3.10. The van der Waals surface area contributed by atoms with Gasteiger partial charge in [-0.25, -0.2) is 27.2 Å². The van der Waals surface area contributed by atoms with E-state index in [2.05, 4.69) is 14.7 Å². The van der Waals surface area contributed by atoms with E-state index < -0.39 is 33.8 Å². The molecule has 0 aliphatic heterocycles. The Kier molecular flexibility index (Phi) is 7.20. The SMILES string of the molecule is Cc1cn(-c2ccc(-c3cc(F)cc(S(C)(=O)=O)c3)cc2-c2nc(C)oc2-c2ccc(OC(F)F)c(F)c2)c(C)n1. The number of sulfone groups is 1. The first-order valence-electron chi connectivity index (χ1n) is 12.2. The van der Waals surface area contributed by atoms with E-state index >= 15 is 0 Å². The summed E-state index contributed by atoms with van der Waals surface area (Å²) in [5.74, 6) is -1.33. The Morgan fingerprint density at radius 1 is 0.902 bits per heavy atom. The standard InChI is InChI=1S/C29H23F4N3O4S/c1-15-14-36(16(2)34-15)25-7-5-18(20-9-21(30)13-22(10-20)41(4,37)38)11-23(25)27-28(39-17(3)35-27)19-6-8-26(24(31)12-19)40-29(32)33/h5-14,29H,1-4H3. The lowest BCUT2D eigenvalue weighted by atomic mass is 9.97. The molecule has 5 rings (SSSR count). The zero-order valence-corrected chi connectivity index (χ0v) is 23.1. The van der Waals surface area contributed by atoms with Gasteiger partial charge < -0.3 is 13.7 Å². The smallest absolute Gasteiger partial charge is 0.387 e. The summed E-state index contributed by atoms with van der Waals surface area (Å²) in [4.78, 5) is 8.83. The molecule has 0 aliphatic rings. The van der Waals surface area contributed by atoms with Gasteiger partial charge in [0, 0.05) is 30.5 Å². The van der Waals surface area contributed by atoms with Crippen LogP contribution in [0.3, 0.4) is 0 Å². The summed E-state index contributed by atoms with van der Waals surface area (Å²) in [5, 5.41) is 0. The van der Waals surface area contributed by atoms with Gasteiger partial charge in [0.1, 0.15) is 17.3 Å². The minimum absolute atomic E-state index is 0.147. The number of alkyl halides is 2. The molecule has 0 spiro atoms. The van der Waals surface area contributed by atoms with E-state index in [9.17, 15) is 26.0 Å². The van der Waals surface area contributed by atoms with Gasteiger partial charge in [-0.3, -0.25) is 0 Å². The van der Waals surface area contributed by atoms with Crippen molar-refractivity contribution >= 4 is 9.84 Å². The number of hydrogen-bond donors (Lipinski definition) is 0. The molecule has 7 nitrogen and oxygen atoms in total. The second-order valence-electron chi connectivity index (χ2n) is 9.41. The number of nitrogens with zero attached hydrogens (tertiary/aromatic N) is 3.